The first kappa shape index (κ1) is 10.6. The standard InChI is InChI=1S/C11H13NO4/c1-7-3-2-4-9-10(7)16-8(5-14-9)6-15-11(12)13/h2-4,8H,5-6H2,1H3,(H2,12,13). The maximum atomic E-state index is 10.5. The minimum absolute atomic E-state index is 0.100. The number of ether oxygens (including phenoxy) is 3. The smallest absolute Gasteiger partial charge is 0.404 e. The molecule has 5 nitrogen and oxygen atoms in total. The van der Waals surface area contributed by atoms with Gasteiger partial charge < -0.3 is 19.9 Å². The van der Waals surface area contributed by atoms with Gasteiger partial charge in [-0.25, -0.2) is 4.79 Å². The van der Waals surface area contributed by atoms with E-state index in [2.05, 4.69) is 4.74 Å². The zero-order chi connectivity index (χ0) is 11.5. The Morgan fingerprint density at radius 1 is 1.62 bits per heavy atom. The molecule has 0 aliphatic carbocycles. The Morgan fingerprint density at radius 3 is 3.19 bits per heavy atom. The van der Waals surface area contributed by atoms with Crippen LogP contribution in [-0.4, -0.2) is 25.4 Å². The summed E-state index contributed by atoms with van der Waals surface area (Å²) in [7, 11) is 0. The van der Waals surface area contributed by atoms with Crippen LogP contribution in [0.25, 0.3) is 0 Å². The second-order valence-corrected chi connectivity index (χ2v) is 3.58. The second-order valence-electron chi connectivity index (χ2n) is 3.58. The largest absolute Gasteiger partial charge is 0.486 e. The van der Waals surface area contributed by atoms with Gasteiger partial charge in [-0.1, -0.05) is 12.1 Å². The highest BCUT2D eigenvalue weighted by molar-refractivity contribution is 5.64. The molecule has 0 spiro atoms. The minimum atomic E-state index is -0.806. The lowest BCUT2D eigenvalue weighted by Crippen LogP contribution is -2.35. The maximum absolute atomic E-state index is 10.5. The molecule has 1 aliphatic heterocycles. The number of nitrogens with two attached hydrogens (primary N) is 1. The van der Waals surface area contributed by atoms with E-state index in [9.17, 15) is 4.79 Å². The van der Waals surface area contributed by atoms with E-state index in [1.165, 1.54) is 0 Å². The summed E-state index contributed by atoms with van der Waals surface area (Å²) in [4.78, 5) is 10.5. The molecule has 0 fully saturated rings. The second kappa shape index (κ2) is 4.30. The first-order valence-corrected chi connectivity index (χ1v) is 4.98. The van der Waals surface area contributed by atoms with Gasteiger partial charge in [0.2, 0.25) is 0 Å². The third-order valence-electron chi connectivity index (χ3n) is 2.30. The maximum Gasteiger partial charge on any atom is 0.404 e. The number of aryl methyl sites for hydroxylation is 1. The van der Waals surface area contributed by atoms with Gasteiger partial charge in [-0.05, 0) is 18.6 Å². The van der Waals surface area contributed by atoms with Crippen molar-refractivity contribution in [3.63, 3.8) is 0 Å². The minimum Gasteiger partial charge on any atom is -0.486 e. The molecule has 1 aromatic carbocycles. The highest BCUT2D eigenvalue weighted by Crippen LogP contribution is 2.34. The number of primary amides is 1. The van der Waals surface area contributed by atoms with E-state index in [4.69, 9.17) is 15.2 Å². The van der Waals surface area contributed by atoms with Gasteiger partial charge in [0.05, 0.1) is 0 Å². The van der Waals surface area contributed by atoms with E-state index in [1.54, 1.807) is 0 Å². The topological polar surface area (TPSA) is 70.8 Å². The molecule has 0 saturated carbocycles. The number of amides is 1. The summed E-state index contributed by atoms with van der Waals surface area (Å²) in [5.74, 6) is 1.42. The molecule has 0 aromatic heterocycles. The molecule has 0 saturated heterocycles. The predicted molar refractivity (Wildman–Crippen MR) is 56.6 cm³/mol. The number of para-hydroxylation sites is 1. The first-order valence-electron chi connectivity index (χ1n) is 4.98. The highest BCUT2D eigenvalue weighted by atomic mass is 16.6. The van der Waals surface area contributed by atoms with Crippen molar-refractivity contribution in [1.29, 1.82) is 0 Å². The SMILES string of the molecule is Cc1cccc2c1OC(COC(N)=O)CO2. The fraction of sp³-hybridized carbons (Fsp3) is 0.364. The molecule has 1 aromatic rings. The van der Waals surface area contributed by atoms with Crippen LogP contribution in [-0.2, 0) is 4.74 Å². The molecule has 1 atom stereocenters. The highest BCUT2D eigenvalue weighted by Gasteiger charge is 2.23. The van der Waals surface area contributed by atoms with E-state index in [0.29, 0.717) is 12.4 Å². The number of hydrogen-bond donors (Lipinski definition) is 1. The number of carbonyl (C=O) groups excluding carboxylic acids is 1. The van der Waals surface area contributed by atoms with Crippen molar-refractivity contribution in [3.05, 3.63) is 23.8 Å². The van der Waals surface area contributed by atoms with E-state index in [1.807, 2.05) is 25.1 Å². The quantitative estimate of drug-likeness (QED) is 0.818. The van der Waals surface area contributed by atoms with E-state index >= 15 is 0 Å². The number of benzene rings is 1. The van der Waals surface area contributed by atoms with E-state index in [-0.39, 0.29) is 12.7 Å². The van der Waals surface area contributed by atoms with Gasteiger partial charge in [0.25, 0.3) is 0 Å². The molecule has 0 bridgehead atoms. The zero-order valence-electron chi connectivity index (χ0n) is 8.93. The van der Waals surface area contributed by atoms with Crippen molar-refractivity contribution in [2.45, 2.75) is 13.0 Å². The van der Waals surface area contributed by atoms with Gasteiger partial charge in [-0.3, -0.25) is 0 Å². The fourth-order valence-electron chi connectivity index (χ4n) is 1.53. The zero-order valence-corrected chi connectivity index (χ0v) is 8.93. The van der Waals surface area contributed by atoms with Crippen molar-refractivity contribution in [2.75, 3.05) is 13.2 Å². The number of carbonyl (C=O) groups is 1. The Morgan fingerprint density at radius 2 is 2.44 bits per heavy atom. The summed E-state index contributed by atoms with van der Waals surface area (Å²) in [6, 6.07) is 5.67. The van der Waals surface area contributed by atoms with Gasteiger partial charge in [0.1, 0.15) is 13.2 Å². The molecular weight excluding hydrogens is 210 g/mol. The monoisotopic (exact) mass is 223 g/mol. The lowest BCUT2D eigenvalue weighted by Gasteiger charge is -2.27. The van der Waals surface area contributed by atoms with Crippen LogP contribution in [0, 0.1) is 6.92 Å². The van der Waals surface area contributed by atoms with Crippen molar-refractivity contribution >= 4 is 6.09 Å². The number of rotatable bonds is 2. The van der Waals surface area contributed by atoms with E-state index < -0.39 is 6.09 Å². The summed E-state index contributed by atoms with van der Waals surface area (Å²) in [5, 5.41) is 0. The molecule has 1 unspecified atom stereocenters. The van der Waals surface area contributed by atoms with Crippen molar-refractivity contribution in [2.24, 2.45) is 5.73 Å². The molecule has 0 radical (unpaired) electrons. The van der Waals surface area contributed by atoms with Crippen molar-refractivity contribution in [1.82, 2.24) is 0 Å². The molecule has 16 heavy (non-hydrogen) atoms. The van der Waals surface area contributed by atoms with Crippen LogP contribution < -0.4 is 15.2 Å². The van der Waals surface area contributed by atoms with Crippen LogP contribution in [0.5, 0.6) is 11.5 Å². The summed E-state index contributed by atoms with van der Waals surface area (Å²) in [6.07, 6.45) is -1.11. The fourth-order valence-corrected chi connectivity index (χ4v) is 1.53. The number of hydrogen-bond acceptors (Lipinski definition) is 4. The normalized spacial score (nSPS) is 17.9. The van der Waals surface area contributed by atoms with Gasteiger partial charge in [-0.15, -0.1) is 0 Å². The molecule has 86 valence electrons. The average molecular weight is 223 g/mol. The van der Waals surface area contributed by atoms with E-state index in [0.717, 1.165) is 11.3 Å². The summed E-state index contributed by atoms with van der Waals surface area (Å²) >= 11 is 0. The lowest BCUT2D eigenvalue weighted by atomic mass is 10.2. The van der Waals surface area contributed by atoms with Crippen molar-refractivity contribution in [3.8, 4) is 11.5 Å². The summed E-state index contributed by atoms with van der Waals surface area (Å²) in [6.45, 7) is 2.38. The molecule has 1 aliphatic rings. The number of fused-ring (bicyclic) bond motifs is 1. The summed E-state index contributed by atoms with van der Waals surface area (Å²) in [5.41, 5.74) is 5.86. The van der Waals surface area contributed by atoms with Gasteiger partial charge in [0.15, 0.2) is 17.6 Å². The lowest BCUT2D eigenvalue weighted by molar-refractivity contribution is 0.0355. The van der Waals surface area contributed by atoms with Crippen LogP contribution in [0.2, 0.25) is 0 Å². The predicted octanol–water partition coefficient (Wildman–Crippen LogP) is 1.23. The summed E-state index contributed by atoms with van der Waals surface area (Å²) < 4.78 is 15.8. The Labute approximate surface area is 93.1 Å². The Hall–Kier alpha value is -1.91. The van der Waals surface area contributed by atoms with Crippen LogP contribution in [0.1, 0.15) is 5.56 Å². The third-order valence-corrected chi connectivity index (χ3v) is 2.30. The molecule has 1 heterocycles. The molecular formula is C11H13NO4. The van der Waals surface area contributed by atoms with Crippen LogP contribution >= 0.6 is 0 Å². The van der Waals surface area contributed by atoms with Gasteiger partial charge in [-0.2, -0.15) is 0 Å². The Bertz CT molecular complexity index is 405. The van der Waals surface area contributed by atoms with Gasteiger partial charge >= 0.3 is 6.09 Å². The molecule has 2 N–H and O–H groups in total. The van der Waals surface area contributed by atoms with Crippen LogP contribution in [0.3, 0.4) is 0 Å². The van der Waals surface area contributed by atoms with Crippen LogP contribution in [0.4, 0.5) is 4.79 Å². The van der Waals surface area contributed by atoms with Crippen molar-refractivity contribution < 1.29 is 19.0 Å². The first-order chi connectivity index (χ1) is 7.66. The molecule has 5 heteroatoms. The molecule has 2 rings (SSSR count). The Kier molecular flexibility index (Phi) is 2.85. The average Bonchev–Trinajstić information content (AvgIpc) is 2.27. The third kappa shape index (κ3) is 2.18. The molecule has 1 amide bonds. The van der Waals surface area contributed by atoms with Gasteiger partial charge in [0, 0.05) is 0 Å². The Balaban J connectivity index is 2.05. The van der Waals surface area contributed by atoms with Crippen LogP contribution in [0.15, 0.2) is 18.2 Å².